The molecule has 17 rings (SSSR count). The number of benzene rings is 13. The van der Waals surface area contributed by atoms with Crippen LogP contribution in [0.2, 0.25) is 15.1 Å². The van der Waals surface area contributed by atoms with Crippen LogP contribution in [0.15, 0.2) is 326 Å². The number of ketones is 1. The molecule has 16 aromatic rings. The summed E-state index contributed by atoms with van der Waals surface area (Å²) < 4.78 is 20.0. The van der Waals surface area contributed by atoms with Gasteiger partial charge in [0.15, 0.2) is 22.5 Å². The van der Waals surface area contributed by atoms with E-state index in [2.05, 4.69) is 193 Å². The average Bonchev–Trinajstić information content (AvgIpc) is 1.51. The predicted molar refractivity (Wildman–Crippen MR) is 428 cm³/mol. The normalized spacial score (nSPS) is 11.2. The van der Waals surface area contributed by atoms with Crippen molar-refractivity contribution in [3.05, 3.63) is 380 Å². The molecule has 13 heteroatoms. The second-order valence-electron chi connectivity index (χ2n) is 23.2. The van der Waals surface area contributed by atoms with Crippen LogP contribution in [-0.2, 0) is 5.41 Å². The molecule has 0 saturated carbocycles. The Labute approximate surface area is 656 Å². The summed E-state index contributed by atoms with van der Waals surface area (Å²) in [5.41, 5.74) is 15.9. The standard InChI is InChI=1S/C31H19ClO.C19H11ClO2.C12H6BrClO.C12H9Br.C7H5ClO.2C4H9.2Li/c32-27-18-8-14-23-29-26(17-9-19-28(29)33-30(23)27)31(20-10-2-1-3-11-20)24-15-6-4-12-21(24)22-13-5-7-16-25(22)31;20-15-10-4-9-14-17-13(8-5-11-16(17)22-19(14)15)18(21)12-6-2-1-3-7-12;13-8-4-2-6-10-11(8)7-3-1-5-9(14)12(7)15-10;13-12-9-5-4-8-11(12)10-6-2-1-3-7-10;8-7(9)6-4-2-1-3-5-6;2*1-3-4-2;;/h1-19H;1-11H;1-6H;1-9H;1-5H;2*1,3-4H2,2H3;;/q;;;;;2*-1;2*+1. The van der Waals surface area contributed by atoms with Crippen LogP contribution >= 0.6 is 78.3 Å². The summed E-state index contributed by atoms with van der Waals surface area (Å²) in [6.45, 7) is 11.4. The van der Waals surface area contributed by atoms with Gasteiger partial charge in [0.2, 0.25) is 0 Å². The molecule has 0 atom stereocenters. The number of rotatable bonds is 8. The zero-order chi connectivity index (χ0) is 70.1. The summed E-state index contributed by atoms with van der Waals surface area (Å²) in [7, 11) is 0. The van der Waals surface area contributed by atoms with E-state index >= 15 is 0 Å². The van der Waals surface area contributed by atoms with Crippen LogP contribution in [0.1, 0.15) is 88.1 Å². The Hall–Kier alpha value is -8.09. The first kappa shape index (κ1) is 78.1. The average molecular weight is 1530 g/mol. The van der Waals surface area contributed by atoms with E-state index < -0.39 is 10.7 Å². The van der Waals surface area contributed by atoms with Crippen molar-refractivity contribution < 1.29 is 60.6 Å². The summed E-state index contributed by atoms with van der Waals surface area (Å²) in [5, 5.41) is 7.39. The van der Waals surface area contributed by atoms with Gasteiger partial charge >= 0.3 is 37.7 Å². The van der Waals surface area contributed by atoms with Crippen LogP contribution in [0.25, 0.3) is 88.1 Å². The Balaban J connectivity index is 0.000000153. The number of carbonyl (C=O) groups is 2. The van der Waals surface area contributed by atoms with Crippen LogP contribution in [0.3, 0.4) is 0 Å². The Morgan fingerprint density at radius 3 is 1.20 bits per heavy atom. The monoisotopic (exact) mass is 1530 g/mol. The first-order valence-electron chi connectivity index (χ1n) is 32.8. The smallest absolute Gasteiger partial charge is 0.454 e. The Bertz CT molecular complexity index is 5400. The van der Waals surface area contributed by atoms with Gasteiger partial charge in [0, 0.05) is 58.0 Å². The van der Waals surface area contributed by atoms with Crippen LogP contribution < -0.4 is 37.7 Å². The van der Waals surface area contributed by atoms with Gasteiger partial charge < -0.3 is 27.1 Å². The molecule has 13 aromatic carbocycles. The molecule has 498 valence electrons. The second-order valence-corrected chi connectivity index (χ2v) is 26.5. The molecule has 102 heavy (non-hydrogen) atoms. The van der Waals surface area contributed by atoms with Crippen LogP contribution in [-0.4, -0.2) is 11.0 Å². The summed E-state index contributed by atoms with van der Waals surface area (Å²) >= 11 is 31.0. The molecule has 1 aliphatic carbocycles. The number of furan rings is 3. The SMILES string of the molecule is Brc1ccccc1-c1ccccc1.Clc1cccc2c1oc1cccc(Br)c12.Clc1cccc2c1oc1cccc(C3(c4ccccc4)c4ccccc4-c4ccccc43)c12.O=C(Cl)c1ccccc1.O=C(c1ccccc1)c1cccc2oc3c(Cl)cccc3c12.[CH2-]CCC.[CH2-]CCC.[Li+].[Li+]. The van der Waals surface area contributed by atoms with E-state index in [1.165, 1.54) is 57.3 Å². The quantitative estimate of drug-likeness (QED) is 0.0656. The van der Waals surface area contributed by atoms with Crippen molar-refractivity contribution in [2.45, 2.75) is 44.9 Å². The molecule has 0 fully saturated rings. The first-order chi connectivity index (χ1) is 48.8. The third kappa shape index (κ3) is 17.1. The van der Waals surface area contributed by atoms with Crippen molar-refractivity contribution >= 4 is 155 Å². The van der Waals surface area contributed by atoms with Crippen molar-refractivity contribution in [3.63, 3.8) is 0 Å². The number of para-hydroxylation sites is 3. The van der Waals surface area contributed by atoms with Crippen molar-refractivity contribution in [1.82, 2.24) is 0 Å². The summed E-state index contributed by atoms with van der Waals surface area (Å²) in [6, 6.07) is 100. The topological polar surface area (TPSA) is 73.6 Å². The largest absolute Gasteiger partial charge is 1.00 e. The summed E-state index contributed by atoms with van der Waals surface area (Å²) in [4.78, 5) is 23.2. The second kappa shape index (κ2) is 37.4. The summed E-state index contributed by atoms with van der Waals surface area (Å²) in [5.74, 6) is -0.0196. The number of hydrogen-bond donors (Lipinski definition) is 0. The molecule has 3 aromatic heterocycles. The molecule has 0 spiro atoms. The van der Waals surface area contributed by atoms with Gasteiger partial charge in [0.05, 0.1) is 20.5 Å². The van der Waals surface area contributed by atoms with E-state index in [1.807, 2.05) is 140 Å². The molecule has 5 nitrogen and oxygen atoms in total. The van der Waals surface area contributed by atoms with Crippen LogP contribution in [0.5, 0.6) is 0 Å². The van der Waals surface area contributed by atoms with Gasteiger partial charge in [-0.3, -0.25) is 9.59 Å². The fourth-order valence-corrected chi connectivity index (χ4v) is 14.0. The Kier molecular flexibility index (Phi) is 28.6. The molecule has 0 radical (unpaired) electrons. The number of unbranched alkanes of at least 4 members (excludes halogenated alkanes) is 2. The maximum atomic E-state index is 12.8. The minimum Gasteiger partial charge on any atom is -0.454 e. The molecule has 0 saturated heterocycles. The Morgan fingerprint density at radius 1 is 0.373 bits per heavy atom. The molecular formula is C89H68Br2Cl4Li2O5. The minimum atomic E-state index is -0.465. The van der Waals surface area contributed by atoms with Crippen molar-refractivity contribution in [2.75, 3.05) is 0 Å². The molecule has 0 N–H and O–H groups in total. The van der Waals surface area contributed by atoms with Crippen molar-refractivity contribution in [2.24, 2.45) is 0 Å². The predicted octanol–water partition coefficient (Wildman–Crippen LogP) is 22.5. The fraction of sp³-hybridized carbons (Fsp3) is 0.0787. The van der Waals surface area contributed by atoms with Crippen LogP contribution in [0.4, 0.5) is 0 Å². The van der Waals surface area contributed by atoms with Crippen LogP contribution in [0, 0.1) is 13.8 Å². The Morgan fingerprint density at radius 2 is 0.725 bits per heavy atom. The maximum Gasteiger partial charge on any atom is 1.00 e. The third-order valence-corrected chi connectivity index (χ3v) is 19.3. The van der Waals surface area contributed by atoms with Gasteiger partial charge in [0.25, 0.3) is 5.24 Å². The maximum absolute atomic E-state index is 12.8. The first-order valence-corrected chi connectivity index (χ1v) is 35.9. The molecular weight excluding hydrogens is 1460 g/mol. The van der Waals surface area contributed by atoms with Crippen molar-refractivity contribution in [3.8, 4) is 22.3 Å². The third-order valence-electron chi connectivity index (χ3n) is 16.9. The van der Waals surface area contributed by atoms with E-state index in [1.54, 1.807) is 30.3 Å². The molecule has 0 aliphatic heterocycles. The van der Waals surface area contributed by atoms with E-state index in [0.717, 1.165) is 76.4 Å². The summed E-state index contributed by atoms with van der Waals surface area (Å²) in [6.07, 6.45) is 4.56. The fourth-order valence-electron chi connectivity index (χ4n) is 12.2. The van der Waals surface area contributed by atoms with Crippen molar-refractivity contribution in [1.29, 1.82) is 0 Å². The van der Waals surface area contributed by atoms with Gasteiger partial charge in [-0.15, -0.1) is 0 Å². The van der Waals surface area contributed by atoms with Gasteiger partial charge in [-0.1, -0.05) is 348 Å². The molecule has 0 unspecified atom stereocenters. The number of fused-ring (bicyclic) bond motifs is 12. The van der Waals surface area contributed by atoms with E-state index in [-0.39, 0.29) is 43.5 Å². The minimum absolute atomic E-state index is 0. The molecule has 1 aliphatic rings. The zero-order valence-corrected chi connectivity index (χ0v) is 63.1. The molecule has 3 heterocycles. The zero-order valence-electron chi connectivity index (χ0n) is 56.9. The number of carbonyl (C=O) groups excluding carboxylic acids is 2. The van der Waals surface area contributed by atoms with Gasteiger partial charge in [-0.2, -0.15) is 12.8 Å². The van der Waals surface area contributed by atoms with E-state index in [0.29, 0.717) is 42.9 Å². The van der Waals surface area contributed by atoms with Gasteiger partial charge in [0.1, 0.15) is 16.7 Å². The molecule has 0 bridgehead atoms. The number of hydrogen-bond acceptors (Lipinski definition) is 5. The van der Waals surface area contributed by atoms with E-state index in [9.17, 15) is 9.59 Å². The van der Waals surface area contributed by atoms with Gasteiger partial charge in [-0.05, 0) is 105 Å². The van der Waals surface area contributed by atoms with E-state index in [4.69, 9.17) is 59.7 Å². The number of halogens is 6. The van der Waals surface area contributed by atoms with Gasteiger partial charge in [-0.25, -0.2) is 0 Å². The molecule has 0 amide bonds.